The summed E-state index contributed by atoms with van der Waals surface area (Å²) in [6, 6.07) is 12.4. The third kappa shape index (κ3) is 5.31. The van der Waals surface area contributed by atoms with Gasteiger partial charge in [0.1, 0.15) is 11.4 Å². The lowest BCUT2D eigenvalue weighted by Gasteiger charge is -2.26. The molecular weight excluding hydrogens is 344 g/mol. The van der Waals surface area contributed by atoms with Crippen LogP contribution in [0.25, 0.3) is 0 Å². The lowest BCUT2D eigenvalue weighted by molar-refractivity contribution is 0.0579. The van der Waals surface area contributed by atoms with Crippen molar-refractivity contribution in [3.05, 3.63) is 59.2 Å². The van der Waals surface area contributed by atoms with Crippen LogP contribution in [0.3, 0.4) is 0 Å². The third-order valence-corrected chi connectivity index (χ3v) is 3.89. The van der Waals surface area contributed by atoms with E-state index in [-0.39, 0.29) is 12.2 Å². The normalized spacial score (nSPS) is 11.0. The fourth-order valence-electron chi connectivity index (χ4n) is 2.61. The summed E-state index contributed by atoms with van der Waals surface area (Å²) in [6.45, 7) is 7.13. The minimum absolute atomic E-state index is 0.0759. The molecule has 0 aliphatic rings. The average Bonchev–Trinajstić information content (AvgIpc) is 2.61. The van der Waals surface area contributed by atoms with Gasteiger partial charge >= 0.3 is 6.09 Å². The summed E-state index contributed by atoms with van der Waals surface area (Å²) in [7, 11) is 1.55. The van der Waals surface area contributed by atoms with Gasteiger partial charge in [0.15, 0.2) is 5.78 Å². The first-order chi connectivity index (χ1) is 12.6. The van der Waals surface area contributed by atoms with Crippen molar-refractivity contribution in [3.8, 4) is 5.75 Å². The lowest BCUT2D eigenvalue weighted by atomic mass is 9.99. The van der Waals surface area contributed by atoms with E-state index >= 15 is 0 Å². The quantitative estimate of drug-likeness (QED) is 0.372. The Bertz CT molecular complexity index is 826. The molecule has 2 aromatic carbocycles. The summed E-state index contributed by atoms with van der Waals surface area (Å²) in [5.41, 5.74) is 1.69. The number of ketones is 1. The van der Waals surface area contributed by atoms with Crippen molar-refractivity contribution in [3.63, 3.8) is 0 Å². The number of nitrogens with zero attached hydrogens (tertiary/aromatic N) is 1. The highest BCUT2D eigenvalue weighted by Gasteiger charge is 2.24. The molecule has 6 heteroatoms. The van der Waals surface area contributed by atoms with Crippen molar-refractivity contribution >= 4 is 17.6 Å². The van der Waals surface area contributed by atoms with E-state index in [1.54, 1.807) is 64.3 Å². The average molecular weight is 370 g/mol. The van der Waals surface area contributed by atoms with Gasteiger partial charge in [-0.1, -0.05) is 30.3 Å². The van der Waals surface area contributed by atoms with Crippen molar-refractivity contribution in [2.24, 2.45) is 5.84 Å². The maximum Gasteiger partial charge on any atom is 0.429 e. The maximum absolute atomic E-state index is 12.7. The molecule has 0 unspecified atom stereocenters. The van der Waals surface area contributed by atoms with E-state index in [1.165, 1.54) is 0 Å². The van der Waals surface area contributed by atoms with Crippen LogP contribution >= 0.6 is 0 Å². The first kappa shape index (κ1) is 20.5. The van der Waals surface area contributed by atoms with Crippen molar-refractivity contribution in [1.82, 2.24) is 0 Å². The second-order valence-electron chi connectivity index (χ2n) is 7.27. The molecule has 0 bridgehead atoms. The molecule has 1 amide bonds. The molecule has 6 nitrogen and oxygen atoms in total. The van der Waals surface area contributed by atoms with Crippen LogP contribution in [0.4, 0.5) is 10.5 Å². The van der Waals surface area contributed by atoms with Gasteiger partial charge in [-0.05, 0) is 51.0 Å². The van der Waals surface area contributed by atoms with Crippen LogP contribution in [-0.4, -0.2) is 24.6 Å². The van der Waals surface area contributed by atoms with Crippen molar-refractivity contribution in [1.29, 1.82) is 0 Å². The van der Waals surface area contributed by atoms with Gasteiger partial charge in [0, 0.05) is 12.0 Å². The number of amides is 1. The third-order valence-electron chi connectivity index (χ3n) is 3.89. The number of methoxy groups -OCH3 is 1. The van der Waals surface area contributed by atoms with Crippen LogP contribution in [0.2, 0.25) is 0 Å². The van der Waals surface area contributed by atoms with Gasteiger partial charge in [0.2, 0.25) is 0 Å². The molecule has 0 aromatic heterocycles. The van der Waals surface area contributed by atoms with Gasteiger partial charge in [0.05, 0.1) is 12.8 Å². The van der Waals surface area contributed by atoms with Gasteiger partial charge < -0.3 is 9.47 Å². The fourth-order valence-corrected chi connectivity index (χ4v) is 2.61. The van der Waals surface area contributed by atoms with Crippen LogP contribution in [0.15, 0.2) is 42.5 Å². The molecular formula is C21H26N2O4. The molecule has 0 aliphatic heterocycles. The van der Waals surface area contributed by atoms with Gasteiger partial charge in [-0.15, -0.1) is 0 Å². The second-order valence-corrected chi connectivity index (χ2v) is 7.27. The number of nitrogens with two attached hydrogens (primary N) is 1. The molecule has 2 N–H and O–H groups in total. The summed E-state index contributed by atoms with van der Waals surface area (Å²) in [4.78, 5) is 25.1. The Morgan fingerprint density at radius 3 is 2.30 bits per heavy atom. The number of hydrazine groups is 1. The van der Waals surface area contributed by atoms with E-state index in [0.717, 1.165) is 10.6 Å². The number of hydrogen-bond donors (Lipinski definition) is 1. The summed E-state index contributed by atoms with van der Waals surface area (Å²) < 4.78 is 10.7. The smallest absolute Gasteiger partial charge is 0.429 e. The molecule has 0 spiro atoms. The molecule has 144 valence electrons. The van der Waals surface area contributed by atoms with Gasteiger partial charge in [-0.25, -0.2) is 15.6 Å². The predicted octanol–water partition coefficient (Wildman–Crippen LogP) is 4.04. The van der Waals surface area contributed by atoms with Crippen LogP contribution in [-0.2, 0) is 11.2 Å². The maximum atomic E-state index is 12.7. The zero-order chi connectivity index (χ0) is 20.2. The van der Waals surface area contributed by atoms with E-state index in [0.29, 0.717) is 22.6 Å². The Kier molecular flexibility index (Phi) is 6.23. The highest BCUT2D eigenvalue weighted by Crippen LogP contribution is 2.30. The zero-order valence-corrected chi connectivity index (χ0v) is 16.4. The molecule has 0 fully saturated rings. The lowest BCUT2D eigenvalue weighted by Crippen LogP contribution is -2.42. The van der Waals surface area contributed by atoms with Gasteiger partial charge in [0.25, 0.3) is 0 Å². The number of hydrogen-bond acceptors (Lipinski definition) is 5. The fraction of sp³-hybridized carbons (Fsp3) is 0.333. The van der Waals surface area contributed by atoms with E-state index in [9.17, 15) is 9.59 Å². The van der Waals surface area contributed by atoms with E-state index < -0.39 is 11.7 Å². The Balaban J connectivity index is 2.40. The van der Waals surface area contributed by atoms with Crippen molar-refractivity contribution in [2.75, 3.05) is 12.1 Å². The number of carbonyl (C=O) groups is 2. The van der Waals surface area contributed by atoms with E-state index in [2.05, 4.69) is 0 Å². The molecule has 0 atom stereocenters. The molecule has 0 aliphatic carbocycles. The topological polar surface area (TPSA) is 81.9 Å². The molecule has 27 heavy (non-hydrogen) atoms. The SMILES string of the molecule is COc1cc(CC(=O)c2ccccc2)c(N(N)C(=O)OC(C)(C)C)cc1C. The first-order valence-electron chi connectivity index (χ1n) is 8.66. The Morgan fingerprint density at radius 1 is 1.11 bits per heavy atom. The van der Waals surface area contributed by atoms with Crippen LogP contribution in [0.1, 0.15) is 42.3 Å². The standard InChI is InChI=1S/C21H26N2O4/c1-14-11-17(23(22)20(25)27-21(2,3)4)16(13-19(14)26-5)12-18(24)15-9-7-6-8-10-15/h6-11,13H,12,22H2,1-5H3. The summed E-state index contributed by atoms with van der Waals surface area (Å²) in [5.74, 6) is 6.56. The van der Waals surface area contributed by atoms with Crippen molar-refractivity contribution < 1.29 is 19.1 Å². The Hall–Kier alpha value is -2.86. The zero-order valence-electron chi connectivity index (χ0n) is 16.4. The van der Waals surface area contributed by atoms with Crippen molar-refractivity contribution in [2.45, 2.75) is 39.7 Å². The number of carbonyl (C=O) groups excluding carboxylic acids is 2. The van der Waals surface area contributed by atoms with Gasteiger partial charge in [-0.3, -0.25) is 4.79 Å². The highest BCUT2D eigenvalue weighted by atomic mass is 16.6. The largest absolute Gasteiger partial charge is 0.496 e. The number of aryl methyl sites for hydroxylation is 1. The summed E-state index contributed by atoms with van der Waals surface area (Å²) in [5, 5.41) is 0.936. The highest BCUT2D eigenvalue weighted by molar-refractivity contribution is 5.99. The molecule has 0 saturated heterocycles. The Labute approximate surface area is 159 Å². The van der Waals surface area contributed by atoms with Gasteiger partial charge in [-0.2, -0.15) is 0 Å². The molecule has 0 heterocycles. The number of ether oxygens (including phenoxy) is 2. The van der Waals surface area contributed by atoms with Crippen LogP contribution < -0.4 is 15.6 Å². The number of Topliss-reactive ketones (excluding diaryl/α,β-unsaturated/α-hetero) is 1. The van der Waals surface area contributed by atoms with Crippen LogP contribution in [0, 0.1) is 6.92 Å². The number of rotatable bonds is 5. The Morgan fingerprint density at radius 2 is 1.74 bits per heavy atom. The van der Waals surface area contributed by atoms with E-state index in [1.807, 2.05) is 13.0 Å². The van der Waals surface area contributed by atoms with E-state index in [4.69, 9.17) is 15.3 Å². The first-order valence-corrected chi connectivity index (χ1v) is 8.66. The monoisotopic (exact) mass is 370 g/mol. The summed E-state index contributed by atoms with van der Waals surface area (Å²) in [6.07, 6.45) is -0.618. The number of anilines is 1. The summed E-state index contributed by atoms with van der Waals surface area (Å²) >= 11 is 0. The molecule has 2 aromatic rings. The van der Waals surface area contributed by atoms with Crippen LogP contribution in [0.5, 0.6) is 5.75 Å². The minimum Gasteiger partial charge on any atom is -0.496 e. The molecule has 2 rings (SSSR count). The molecule has 0 radical (unpaired) electrons. The predicted molar refractivity (Wildman–Crippen MR) is 105 cm³/mol. The number of benzene rings is 2. The molecule has 0 saturated carbocycles. The minimum atomic E-state index is -0.694. The second kappa shape index (κ2) is 8.22.